The fraction of sp³-hybridized carbons (Fsp3) is 0.625. The first kappa shape index (κ1) is 27.0. The summed E-state index contributed by atoms with van der Waals surface area (Å²) in [6.45, 7) is 14.8. The van der Waals surface area contributed by atoms with Crippen LogP contribution < -0.4 is 10.1 Å². The minimum absolute atomic E-state index is 0.196. The Labute approximate surface area is 219 Å². The van der Waals surface area contributed by atoms with Crippen LogP contribution >= 0.6 is 0 Å². The average molecular weight is 493 g/mol. The molecule has 1 saturated carbocycles. The smallest absolute Gasteiger partial charge is 0.119 e. The monoisotopic (exact) mass is 492 g/mol. The summed E-state index contributed by atoms with van der Waals surface area (Å²) in [7, 11) is 1.80. The van der Waals surface area contributed by atoms with Crippen LogP contribution in [0.5, 0.6) is 5.75 Å². The molecule has 3 aliphatic rings. The van der Waals surface area contributed by atoms with Crippen LogP contribution in [0.15, 0.2) is 42.5 Å². The van der Waals surface area contributed by atoms with Gasteiger partial charge in [-0.05, 0) is 104 Å². The van der Waals surface area contributed by atoms with Crippen molar-refractivity contribution in [3.8, 4) is 5.75 Å². The lowest BCUT2D eigenvalue weighted by Gasteiger charge is -2.56. The zero-order chi connectivity index (χ0) is 25.9. The molecule has 2 fully saturated rings. The van der Waals surface area contributed by atoms with Crippen LogP contribution in [0.2, 0.25) is 0 Å². The molecule has 198 valence electrons. The predicted molar refractivity (Wildman–Crippen MR) is 151 cm³/mol. The SMILES string of the molecule is CCO.COc1ccc2c(c1)C1(CCNc3ccc(C(C)(C)C)cc3)CCN(CC3CC3)C(C2)C1C. The molecule has 2 aromatic carbocycles. The topological polar surface area (TPSA) is 44.7 Å². The maximum absolute atomic E-state index is 7.57. The van der Waals surface area contributed by atoms with Crippen molar-refractivity contribution in [2.75, 3.05) is 38.7 Å². The molecule has 0 radical (unpaired) electrons. The van der Waals surface area contributed by atoms with E-state index in [0.717, 1.165) is 18.2 Å². The van der Waals surface area contributed by atoms with Gasteiger partial charge >= 0.3 is 0 Å². The number of nitrogens with one attached hydrogen (secondary N) is 1. The fourth-order valence-corrected chi connectivity index (χ4v) is 6.52. The zero-order valence-electron chi connectivity index (χ0n) is 23.4. The van der Waals surface area contributed by atoms with E-state index in [1.54, 1.807) is 25.2 Å². The highest BCUT2D eigenvalue weighted by Crippen LogP contribution is 2.52. The van der Waals surface area contributed by atoms with Crippen LogP contribution in [0.1, 0.15) is 77.0 Å². The zero-order valence-corrected chi connectivity index (χ0v) is 23.4. The molecule has 3 unspecified atom stereocenters. The summed E-state index contributed by atoms with van der Waals surface area (Å²) >= 11 is 0. The quantitative estimate of drug-likeness (QED) is 0.469. The normalized spacial score (nSPS) is 25.4. The Kier molecular flexibility index (Phi) is 8.36. The largest absolute Gasteiger partial charge is 0.497 e. The summed E-state index contributed by atoms with van der Waals surface area (Å²) in [6, 6.07) is 16.6. The molecule has 2 bridgehead atoms. The second kappa shape index (κ2) is 11.1. The third-order valence-corrected chi connectivity index (χ3v) is 8.89. The number of piperidine rings is 1. The lowest BCUT2D eigenvalue weighted by Crippen LogP contribution is -2.59. The Hall–Kier alpha value is -2.04. The highest BCUT2D eigenvalue weighted by Gasteiger charge is 2.51. The van der Waals surface area contributed by atoms with Gasteiger partial charge in [-0.3, -0.25) is 4.90 Å². The number of fused-ring (bicyclic) bond motifs is 4. The highest BCUT2D eigenvalue weighted by atomic mass is 16.5. The molecular weight excluding hydrogens is 444 g/mol. The van der Waals surface area contributed by atoms with Gasteiger partial charge in [0, 0.05) is 36.8 Å². The van der Waals surface area contributed by atoms with Gasteiger partial charge in [0.25, 0.3) is 0 Å². The number of methoxy groups -OCH3 is 1. The van der Waals surface area contributed by atoms with E-state index in [1.165, 1.54) is 56.4 Å². The van der Waals surface area contributed by atoms with Crippen LogP contribution in [-0.4, -0.2) is 49.4 Å². The number of aliphatic hydroxyl groups is 1. The molecule has 1 aliphatic heterocycles. The van der Waals surface area contributed by atoms with Gasteiger partial charge in [0.05, 0.1) is 7.11 Å². The molecular formula is C32H48N2O2. The third-order valence-electron chi connectivity index (χ3n) is 8.89. The van der Waals surface area contributed by atoms with Crippen LogP contribution in [0, 0.1) is 11.8 Å². The Morgan fingerprint density at radius 3 is 2.42 bits per heavy atom. The number of hydrogen-bond acceptors (Lipinski definition) is 4. The lowest BCUT2D eigenvalue weighted by atomic mass is 9.56. The van der Waals surface area contributed by atoms with E-state index >= 15 is 0 Å². The van der Waals surface area contributed by atoms with Gasteiger partial charge in [-0.25, -0.2) is 0 Å². The lowest BCUT2D eigenvalue weighted by molar-refractivity contribution is 0.0173. The summed E-state index contributed by atoms with van der Waals surface area (Å²) in [4.78, 5) is 2.84. The van der Waals surface area contributed by atoms with E-state index in [9.17, 15) is 0 Å². The van der Waals surface area contributed by atoms with Crippen molar-refractivity contribution in [1.29, 1.82) is 0 Å². The number of anilines is 1. The molecule has 36 heavy (non-hydrogen) atoms. The first-order chi connectivity index (χ1) is 17.2. The number of rotatable bonds is 7. The van der Waals surface area contributed by atoms with Crippen molar-refractivity contribution in [2.45, 2.75) is 83.6 Å². The Bertz CT molecular complexity index is 992. The number of benzene rings is 2. The maximum atomic E-state index is 7.57. The van der Waals surface area contributed by atoms with E-state index in [1.807, 2.05) is 0 Å². The van der Waals surface area contributed by atoms with E-state index in [2.05, 4.69) is 80.4 Å². The average Bonchev–Trinajstić information content (AvgIpc) is 3.67. The van der Waals surface area contributed by atoms with E-state index in [-0.39, 0.29) is 17.4 Å². The van der Waals surface area contributed by atoms with Crippen molar-refractivity contribution in [3.05, 3.63) is 59.2 Å². The van der Waals surface area contributed by atoms with Crippen LogP contribution in [-0.2, 0) is 17.3 Å². The Morgan fingerprint density at radius 1 is 1.11 bits per heavy atom. The molecule has 2 aliphatic carbocycles. The summed E-state index contributed by atoms with van der Waals surface area (Å²) in [6.07, 6.45) is 6.49. The highest BCUT2D eigenvalue weighted by molar-refractivity contribution is 5.48. The molecule has 0 amide bonds. The van der Waals surface area contributed by atoms with Gasteiger partial charge in [0.1, 0.15) is 5.75 Å². The van der Waals surface area contributed by atoms with Gasteiger partial charge in [-0.1, -0.05) is 45.9 Å². The predicted octanol–water partition coefficient (Wildman–Crippen LogP) is 6.41. The second-order valence-corrected chi connectivity index (χ2v) is 12.2. The third kappa shape index (κ3) is 5.75. The first-order valence-corrected chi connectivity index (χ1v) is 14.1. The van der Waals surface area contributed by atoms with Gasteiger partial charge in [0.15, 0.2) is 0 Å². The van der Waals surface area contributed by atoms with Crippen molar-refractivity contribution < 1.29 is 9.84 Å². The van der Waals surface area contributed by atoms with E-state index in [0.29, 0.717) is 12.0 Å². The van der Waals surface area contributed by atoms with E-state index in [4.69, 9.17) is 9.84 Å². The molecule has 4 heteroatoms. The van der Waals surface area contributed by atoms with Gasteiger partial charge < -0.3 is 15.2 Å². The Morgan fingerprint density at radius 2 is 1.81 bits per heavy atom. The van der Waals surface area contributed by atoms with Gasteiger partial charge in [-0.15, -0.1) is 0 Å². The number of hydrogen-bond donors (Lipinski definition) is 2. The van der Waals surface area contributed by atoms with Gasteiger partial charge in [0.2, 0.25) is 0 Å². The molecule has 5 rings (SSSR count). The van der Waals surface area contributed by atoms with Crippen LogP contribution in [0.4, 0.5) is 5.69 Å². The fourth-order valence-electron chi connectivity index (χ4n) is 6.52. The molecule has 2 aromatic rings. The molecule has 0 aromatic heterocycles. The minimum Gasteiger partial charge on any atom is -0.497 e. The molecule has 3 atom stereocenters. The molecule has 4 nitrogen and oxygen atoms in total. The number of ether oxygens (including phenoxy) is 1. The first-order valence-electron chi connectivity index (χ1n) is 14.1. The van der Waals surface area contributed by atoms with Crippen LogP contribution in [0.3, 0.4) is 0 Å². The van der Waals surface area contributed by atoms with Crippen LogP contribution in [0.25, 0.3) is 0 Å². The van der Waals surface area contributed by atoms with Crippen molar-refractivity contribution >= 4 is 5.69 Å². The second-order valence-electron chi connectivity index (χ2n) is 12.2. The van der Waals surface area contributed by atoms with Gasteiger partial charge in [-0.2, -0.15) is 0 Å². The molecule has 1 heterocycles. The summed E-state index contributed by atoms with van der Waals surface area (Å²) in [5.41, 5.74) is 6.15. The summed E-state index contributed by atoms with van der Waals surface area (Å²) < 4.78 is 5.67. The minimum atomic E-state index is 0.196. The number of likely N-dealkylation sites (tertiary alicyclic amines) is 1. The maximum Gasteiger partial charge on any atom is 0.119 e. The standard InChI is InChI=1S/C30H42N2O.C2H6O/c1-21-28-18-23-8-13-26(33-5)19-27(23)30(21,15-17-32(28)20-22-6-7-22)14-16-31-25-11-9-24(10-12-25)29(2,3)4;1-2-3/h8-13,19,21-22,28,31H,6-7,14-18,20H2,1-5H3;3H,2H2,1H3. The van der Waals surface area contributed by atoms with Crippen molar-refractivity contribution in [3.63, 3.8) is 0 Å². The number of aliphatic hydroxyl groups excluding tert-OH is 1. The molecule has 2 N–H and O–H groups in total. The molecule has 1 saturated heterocycles. The van der Waals surface area contributed by atoms with Crippen molar-refractivity contribution in [2.24, 2.45) is 11.8 Å². The Balaban J connectivity index is 0.000000967. The van der Waals surface area contributed by atoms with Crippen molar-refractivity contribution in [1.82, 2.24) is 4.90 Å². The molecule has 0 spiro atoms. The number of nitrogens with zero attached hydrogens (tertiary/aromatic N) is 1. The summed E-state index contributed by atoms with van der Waals surface area (Å²) in [5.74, 6) is 2.62. The van der Waals surface area contributed by atoms with E-state index < -0.39 is 0 Å². The summed E-state index contributed by atoms with van der Waals surface area (Å²) in [5, 5.41) is 11.3.